The van der Waals surface area contributed by atoms with E-state index in [4.69, 9.17) is 0 Å². The molecule has 1 rings (SSSR count). The Bertz CT molecular complexity index is 208. The summed E-state index contributed by atoms with van der Waals surface area (Å²) in [6, 6.07) is 0. The third-order valence-electron chi connectivity index (χ3n) is 1.63. The average Bonchev–Trinajstić information content (AvgIpc) is 1.86. The Hall–Kier alpha value is -0.630. The number of halogens is 1. The smallest absolute Gasteiger partial charge is 0.110 e. The monoisotopic (exact) mass is 155 g/mol. The van der Waals surface area contributed by atoms with Gasteiger partial charge in [-0.25, -0.2) is 4.39 Å². The van der Waals surface area contributed by atoms with Crippen molar-refractivity contribution in [3.8, 4) is 0 Å². The van der Waals surface area contributed by atoms with Crippen molar-refractivity contribution in [2.75, 3.05) is 0 Å². The summed E-state index contributed by atoms with van der Waals surface area (Å²) < 4.78 is 13.0. The molecule has 2 heteroatoms. The van der Waals surface area contributed by atoms with Gasteiger partial charge in [-0.3, -0.25) is 0 Å². The van der Waals surface area contributed by atoms with Gasteiger partial charge in [0.25, 0.3) is 0 Å². The first-order valence-corrected chi connectivity index (χ1v) is 3.64. The molecule has 0 spiro atoms. The molecule has 0 aliphatic heterocycles. The Morgan fingerprint density at radius 3 is 2.55 bits per heavy atom. The van der Waals surface area contributed by atoms with Gasteiger partial charge in [-0.1, -0.05) is 12.2 Å². The minimum absolute atomic E-state index is 0.306. The van der Waals surface area contributed by atoms with E-state index in [-0.39, 0.29) is 5.83 Å². The molecular formula is C9H12FO. The van der Waals surface area contributed by atoms with E-state index in [1.807, 2.05) is 6.08 Å². The molecule has 0 saturated heterocycles. The standard InChI is InChI=1S/C9H12FO/c1-9(2,11)7-5-3-4-6-8(7)10/h3,5-6,11H,4H2,1-2H3. The Morgan fingerprint density at radius 1 is 1.55 bits per heavy atom. The van der Waals surface area contributed by atoms with Crippen LogP contribution in [0.5, 0.6) is 0 Å². The third kappa shape index (κ3) is 1.90. The van der Waals surface area contributed by atoms with Crippen LogP contribution in [0.2, 0.25) is 0 Å². The summed E-state index contributed by atoms with van der Waals surface area (Å²) in [6.07, 6.45) is 5.55. The van der Waals surface area contributed by atoms with Crippen molar-refractivity contribution < 1.29 is 9.50 Å². The summed E-state index contributed by atoms with van der Waals surface area (Å²) in [5.74, 6) is -0.306. The van der Waals surface area contributed by atoms with Crippen molar-refractivity contribution in [2.45, 2.75) is 25.9 Å². The maximum Gasteiger partial charge on any atom is 0.110 e. The second-order valence-electron chi connectivity index (χ2n) is 3.16. The van der Waals surface area contributed by atoms with E-state index < -0.39 is 5.60 Å². The normalized spacial score (nSPS) is 19.3. The highest BCUT2D eigenvalue weighted by atomic mass is 19.1. The van der Waals surface area contributed by atoms with Gasteiger partial charge in [0, 0.05) is 12.0 Å². The van der Waals surface area contributed by atoms with Crippen LogP contribution < -0.4 is 0 Å². The fraction of sp³-hybridized carbons (Fsp3) is 0.444. The second-order valence-corrected chi connectivity index (χ2v) is 3.16. The molecular weight excluding hydrogens is 143 g/mol. The minimum atomic E-state index is -1.07. The molecule has 1 aliphatic carbocycles. The summed E-state index contributed by atoms with van der Waals surface area (Å²) in [5.41, 5.74) is -0.707. The first kappa shape index (κ1) is 8.47. The van der Waals surface area contributed by atoms with Crippen LogP contribution in [0.15, 0.2) is 23.6 Å². The summed E-state index contributed by atoms with van der Waals surface area (Å²) in [5, 5.41) is 9.44. The zero-order chi connectivity index (χ0) is 8.48. The maximum atomic E-state index is 13.0. The minimum Gasteiger partial charge on any atom is -0.386 e. The van der Waals surface area contributed by atoms with Crippen LogP contribution in [0.25, 0.3) is 0 Å². The van der Waals surface area contributed by atoms with Gasteiger partial charge >= 0.3 is 0 Å². The van der Waals surface area contributed by atoms with Crippen LogP contribution in [0.4, 0.5) is 4.39 Å². The van der Waals surface area contributed by atoms with Gasteiger partial charge in [-0.05, 0) is 20.3 Å². The molecule has 0 heterocycles. The van der Waals surface area contributed by atoms with Crippen molar-refractivity contribution in [1.82, 2.24) is 0 Å². The number of hydrogen-bond acceptors (Lipinski definition) is 1. The van der Waals surface area contributed by atoms with Crippen LogP contribution in [0.1, 0.15) is 20.3 Å². The molecule has 1 N–H and O–H groups in total. The number of rotatable bonds is 1. The lowest BCUT2D eigenvalue weighted by Crippen LogP contribution is -2.22. The van der Waals surface area contributed by atoms with Gasteiger partial charge in [-0.15, -0.1) is 0 Å². The van der Waals surface area contributed by atoms with Crippen molar-refractivity contribution in [2.24, 2.45) is 0 Å². The fourth-order valence-electron chi connectivity index (χ4n) is 1.04. The lowest BCUT2D eigenvalue weighted by molar-refractivity contribution is 0.120. The van der Waals surface area contributed by atoms with E-state index in [2.05, 4.69) is 0 Å². The van der Waals surface area contributed by atoms with Crippen molar-refractivity contribution in [1.29, 1.82) is 0 Å². The topological polar surface area (TPSA) is 20.2 Å². The molecule has 0 aromatic heterocycles. The molecule has 11 heavy (non-hydrogen) atoms. The molecule has 0 aromatic rings. The molecule has 0 aromatic carbocycles. The predicted octanol–water partition coefficient (Wildman–Crippen LogP) is 2.15. The molecule has 0 bridgehead atoms. The predicted molar refractivity (Wildman–Crippen MR) is 42.5 cm³/mol. The van der Waals surface area contributed by atoms with E-state index in [9.17, 15) is 9.50 Å². The summed E-state index contributed by atoms with van der Waals surface area (Å²) in [4.78, 5) is 0. The molecule has 0 unspecified atom stereocenters. The largest absolute Gasteiger partial charge is 0.386 e. The molecule has 1 radical (unpaired) electrons. The Kier molecular flexibility index (Phi) is 2.14. The van der Waals surface area contributed by atoms with Gasteiger partial charge < -0.3 is 5.11 Å². The Labute approximate surface area is 66.2 Å². The van der Waals surface area contributed by atoms with E-state index in [1.165, 1.54) is 6.42 Å². The zero-order valence-electron chi connectivity index (χ0n) is 6.76. The van der Waals surface area contributed by atoms with Gasteiger partial charge in [0.15, 0.2) is 0 Å². The maximum absolute atomic E-state index is 13.0. The molecule has 0 saturated carbocycles. The molecule has 1 nitrogen and oxygen atoms in total. The first-order chi connectivity index (χ1) is 5.02. The molecule has 61 valence electrons. The van der Waals surface area contributed by atoms with Crippen LogP contribution in [0.3, 0.4) is 0 Å². The second kappa shape index (κ2) is 2.78. The van der Waals surface area contributed by atoms with Gasteiger partial charge in [-0.2, -0.15) is 0 Å². The summed E-state index contributed by atoms with van der Waals surface area (Å²) in [6.45, 7) is 3.15. The summed E-state index contributed by atoms with van der Waals surface area (Å²) >= 11 is 0. The fourth-order valence-corrected chi connectivity index (χ4v) is 1.04. The van der Waals surface area contributed by atoms with E-state index >= 15 is 0 Å². The average molecular weight is 155 g/mol. The number of aliphatic hydroxyl groups is 1. The Balaban J connectivity index is 2.93. The van der Waals surface area contributed by atoms with Crippen LogP contribution in [0, 0.1) is 6.42 Å². The first-order valence-electron chi connectivity index (χ1n) is 3.64. The quantitative estimate of drug-likeness (QED) is 0.615. The SMILES string of the molecule is CC(C)(O)C1=C(F)[CH]CC=C1. The zero-order valence-corrected chi connectivity index (χ0v) is 6.76. The summed E-state index contributed by atoms with van der Waals surface area (Å²) in [7, 11) is 0. The van der Waals surface area contributed by atoms with Gasteiger partial charge in [0.1, 0.15) is 5.83 Å². The van der Waals surface area contributed by atoms with Crippen molar-refractivity contribution >= 4 is 0 Å². The highest BCUT2D eigenvalue weighted by Gasteiger charge is 2.22. The van der Waals surface area contributed by atoms with Crippen LogP contribution in [-0.2, 0) is 0 Å². The highest BCUT2D eigenvalue weighted by Crippen LogP contribution is 2.27. The number of allylic oxidation sites excluding steroid dienone is 2. The highest BCUT2D eigenvalue weighted by molar-refractivity contribution is 5.36. The van der Waals surface area contributed by atoms with E-state index in [0.29, 0.717) is 12.0 Å². The van der Waals surface area contributed by atoms with Crippen LogP contribution in [-0.4, -0.2) is 10.7 Å². The molecule has 0 atom stereocenters. The molecule has 0 fully saturated rings. The van der Waals surface area contributed by atoms with Gasteiger partial charge in [0.05, 0.1) is 5.60 Å². The molecule has 0 amide bonds. The lowest BCUT2D eigenvalue weighted by Gasteiger charge is -2.21. The number of hydrogen-bond donors (Lipinski definition) is 1. The van der Waals surface area contributed by atoms with E-state index in [1.54, 1.807) is 19.9 Å². The lowest BCUT2D eigenvalue weighted by atomic mass is 9.92. The van der Waals surface area contributed by atoms with Gasteiger partial charge in [0.2, 0.25) is 0 Å². The Morgan fingerprint density at radius 2 is 2.18 bits per heavy atom. The molecule has 1 aliphatic rings. The van der Waals surface area contributed by atoms with E-state index in [0.717, 1.165) is 0 Å². The van der Waals surface area contributed by atoms with Crippen LogP contribution >= 0.6 is 0 Å². The van der Waals surface area contributed by atoms with Crippen molar-refractivity contribution in [3.05, 3.63) is 30.0 Å². The third-order valence-corrected chi connectivity index (χ3v) is 1.63. The van der Waals surface area contributed by atoms with Crippen molar-refractivity contribution in [3.63, 3.8) is 0 Å².